The van der Waals surface area contributed by atoms with Crippen molar-refractivity contribution in [3.05, 3.63) is 0 Å². The maximum Gasteiger partial charge on any atom is 0.325 e. The van der Waals surface area contributed by atoms with Crippen molar-refractivity contribution in [3.63, 3.8) is 0 Å². The Kier molecular flexibility index (Phi) is 9.37. The molecule has 0 saturated carbocycles. The highest BCUT2D eigenvalue weighted by molar-refractivity contribution is 8.58. The summed E-state index contributed by atoms with van der Waals surface area (Å²) in [5.74, 6) is -0.337. The molecule has 0 heterocycles. The molecule has 0 spiro atoms. The van der Waals surface area contributed by atoms with Gasteiger partial charge in [-0.25, -0.2) is 0 Å². The Morgan fingerprint density at radius 2 is 1.68 bits per heavy atom. The van der Waals surface area contributed by atoms with Crippen LogP contribution in [0.5, 0.6) is 0 Å². The standard InChI is InChI=1S/C12H23O4PS2/c1-8(2)6-15-11(16-7-9(3)4)12(5,10(13)14)19-17-18/h8-9,11H,6-7H2,1-5H3,(H,13,14). The van der Waals surface area contributed by atoms with Gasteiger partial charge in [0.15, 0.2) is 11.0 Å². The number of aliphatic carboxylic acids is 1. The molecular formula is C12H23O4PS2. The third kappa shape index (κ3) is 7.00. The monoisotopic (exact) mass is 326 g/mol. The summed E-state index contributed by atoms with van der Waals surface area (Å²) in [6, 6.07) is 0. The average molecular weight is 326 g/mol. The minimum Gasteiger partial charge on any atom is -0.480 e. The van der Waals surface area contributed by atoms with Crippen molar-refractivity contribution in [1.29, 1.82) is 0 Å². The van der Waals surface area contributed by atoms with Crippen LogP contribution in [0.15, 0.2) is 0 Å². The molecule has 4 nitrogen and oxygen atoms in total. The highest BCUT2D eigenvalue weighted by Crippen LogP contribution is 2.39. The zero-order valence-electron chi connectivity index (χ0n) is 12.1. The van der Waals surface area contributed by atoms with Gasteiger partial charge < -0.3 is 14.6 Å². The lowest BCUT2D eigenvalue weighted by atomic mass is 10.1. The number of ether oxygens (including phenoxy) is 2. The van der Waals surface area contributed by atoms with E-state index in [-0.39, 0.29) is 0 Å². The molecule has 1 N–H and O–H groups in total. The van der Waals surface area contributed by atoms with E-state index >= 15 is 0 Å². The maximum atomic E-state index is 11.5. The van der Waals surface area contributed by atoms with Crippen molar-refractivity contribution in [3.8, 4) is 0 Å². The van der Waals surface area contributed by atoms with Gasteiger partial charge in [0.25, 0.3) is 0 Å². The zero-order valence-corrected chi connectivity index (χ0v) is 14.6. The lowest BCUT2D eigenvalue weighted by molar-refractivity contribution is -0.184. The maximum absolute atomic E-state index is 11.5. The summed E-state index contributed by atoms with van der Waals surface area (Å²) in [6.45, 7) is 11.1. The molecule has 19 heavy (non-hydrogen) atoms. The Hall–Kier alpha value is 0.260. The van der Waals surface area contributed by atoms with Crippen LogP contribution in [0.3, 0.4) is 0 Å². The molecule has 7 heteroatoms. The van der Waals surface area contributed by atoms with Crippen molar-refractivity contribution in [2.75, 3.05) is 13.2 Å². The van der Waals surface area contributed by atoms with Crippen LogP contribution in [0.2, 0.25) is 0 Å². The quantitative estimate of drug-likeness (QED) is 0.489. The molecule has 0 fully saturated rings. The van der Waals surface area contributed by atoms with Crippen LogP contribution in [-0.4, -0.2) is 35.3 Å². The molecule has 0 rings (SSSR count). The van der Waals surface area contributed by atoms with Gasteiger partial charge in [-0.1, -0.05) is 39.1 Å². The summed E-state index contributed by atoms with van der Waals surface area (Å²) < 4.78 is 10.1. The Bertz CT molecular complexity index is 287. The van der Waals surface area contributed by atoms with Gasteiger partial charge in [-0.3, -0.25) is 4.79 Å². The second-order valence-electron chi connectivity index (χ2n) is 5.36. The molecule has 0 aromatic carbocycles. The van der Waals surface area contributed by atoms with E-state index in [4.69, 9.17) is 21.3 Å². The van der Waals surface area contributed by atoms with E-state index in [0.29, 0.717) is 31.6 Å². The first-order chi connectivity index (χ1) is 8.74. The number of carbonyl (C=O) groups is 1. The van der Waals surface area contributed by atoms with Gasteiger partial charge in [-0.05, 0) is 30.6 Å². The fraction of sp³-hybridized carbons (Fsp3) is 0.917. The molecule has 0 aromatic heterocycles. The van der Waals surface area contributed by atoms with E-state index in [1.807, 2.05) is 27.7 Å². The normalized spacial score (nSPS) is 15.4. The van der Waals surface area contributed by atoms with Crippen LogP contribution in [0.1, 0.15) is 34.6 Å². The molecule has 1 atom stereocenters. The molecule has 0 aromatic rings. The molecular weight excluding hydrogens is 303 g/mol. The van der Waals surface area contributed by atoms with Gasteiger partial charge in [0.2, 0.25) is 0 Å². The van der Waals surface area contributed by atoms with Gasteiger partial charge in [0.1, 0.15) is 0 Å². The fourth-order valence-electron chi connectivity index (χ4n) is 1.19. The zero-order chi connectivity index (χ0) is 15.1. The highest BCUT2D eigenvalue weighted by atomic mass is 32.9. The van der Waals surface area contributed by atoms with E-state index in [1.165, 1.54) is 0 Å². The number of carboxylic acid groups (broad SMARTS) is 1. The molecule has 1 unspecified atom stereocenters. The molecule has 0 aliphatic rings. The lowest BCUT2D eigenvalue weighted by Gasteiger charge is -2.32. The largest absolute Gasteiger partial charge is 0.480 e. The Labute approximate surface area is 126 Å². The molecule has 0 amide bonds. The van der Waals surface area contributed by atoms with E-state index in [1.54, 1.807) is 6.92 Å². The predicted molar refractivity (Wildman–Crippen MR) is 83.3 cm³/mol. The van der Waals surface area contributed by atoms with Gasteiger partial charge >= 0.3 is 5.97 Å². The van der Waals surface area contributed by atoms with E-state index in [2.05, 4.69) is 0 Å². The molecule has 0 bridgehead atoms. The van der Waals surface area contributed by atoms with Gasteiger partial charge in [-0.15, -0.1) is 0 Å². The minimum absolute atomic E-state index is 0.314. The van der Waals surface area contributed by atoms with Crippen LogP contribution in [0.4, 0.5) is 0 Å². The Morgan fingerprint density at radius 1 is 1.26 bits per heavy atom. The lowest BCUT2D eigenvalue weighted by Crippen LogP contribution is -2.47. The average Bonchev–Trinajstić information content (AvgIpc) is 2.28. The molecule has 112 valence electrons. The molecule has 0 radical (unpaired) electrons. The molecule has 0 saturated heterocycles. The summed E-state index contributed by atoms with van der Waals surface area (Å²) >= 11 is 6.01. The third-order valence-electron chi connectivity index (χ3n) is 2.26. The van der Waals surface area contributed by atoms with Crippen LogP contribution in [0.25, 0.3) is 0 Å². The summed E-state index contributed by atoms with van der Waals surface area (Å²) in [7, 11) is 0. The van der Waals surface area contributed by atoms with Crippen LogP contribution >= 0.6 is 17.9 Å². The SMILES string of the molecule is CC(C)COC(OCC(C)C)C(C)(SP=S)C(=O)O. The third-order valence-corrected chi connectivity index (χ3v) is 5.12. The van der Waals surface area contributed by atoms with Crippen molar-refractivity contribution in [2.24, 2.45) is 11.8 Å². The van der Waals surface area contributed by atoms with E-state index in [0.717, 1.165) is 11.4 Å². The first-order valence-corrected chi connectivity index (χ1v) is 9.54. The summed E-state index contributed by atoms with van der Waals surface area (Å²) in [4.78, 5) is 11.5. The second-order valence-corrected chi connectivity index (χ2v) is 8.88. The van der Waals surface area contributed by atoms with Crippen LogP contribution < -0.4 is 0 Å². The second kappa shape index (κ2) is 9.24. The number of carboxylic acids is 1. The molecule has 0 aliphatic heterocycles. The molecule has 0 aliphatic carbocycles. The summed E-state index contributed by atoms with van der Waals surface area (Å²) in [6.07, 6.45) is -0.796. The summed E-state index contributed by atoms with van der Waals surface area (Å²) in [5.41, 5.74) is 0. The van der Waals surface area contributed by atoms with E-state index < -0.39 is 17.0 Å². The Morgan fingerprint density at radius 3 is 1.95 bits per heavy atom. The van der Waals surface area contributed by atoms with Crippen LogP contribution in [0, 0.1) is 11.8 Å². The Balaban J connectivity index is 4.92. The smallest absolute Gasteiger partial charge is 0.325 e. The van der Waals surface area contributed by atoms with Crippen LogP contribution in [-0.2, 0) is 26.1 Å². The van der Waals surface area contributed by atoms with E-state index in [9.17, 15) is 9.90 Å². The van der Waals surface area contributed by atoms with Gasteiger partial charge in [0.05, 0.1) is 13.2 Å². The number of hydrogen-bond donors (Lipinski definition) is 1. The van der Waals surface area contributed by atoms with Gasteiger partial charge in [0, 0.05) is 6.56 Å². The van der Waals surface area contributed by atoms with Crippen molar-refractivity contribution >= 4 is 35.7 Å². The van der Waals surface area contributed by atoms with Crippen molar-refractivity contribution in [1.82, 2.24) is 0 Å². The number of rotatable bonds is 10. The predicted octanol–water partition coefficient (Wildman–Crippen LogP) is 3.56. The van der Waals surface area contributed by atoms with Crippen molar-refractivity contribution in [2.45, 2.75) is 45.7 Å². The highest BCUT2D eigenvalue weighted by Gasteiger charge is 2.44. The summed E-state index contributed by atoms with van der Waals surface area (Å²) in [5, 5.41) is 9.43. The first kappa shape index (κ1) is 19.3. The minimum atomic E-state index is -1.19. The first-order valence-electron chi connectivity index (χ1n) is 6.21. The fourth-order valence-corrected chi connectivity index (χ4v) is 3.99. The topological polar surface area (TPSA) is 55.8 Å². The van der Waals surface area contributed by atoms with Crippen molar-refractivity contribution < 1.29 is 19.4 Å². The van der Waals surface area contributed by atoms with Gasteiger partial charge in [-0.2, -0.15) is 0 Å². The number of hydrogen-bond acceptors (Lipinski definition) is 5.